The Morgan fingerprint density at radius 1 is 0.481 bits per heavy atom. The van der Waals surface area contributed by atoms with Gasteiger partial charge in [-0.2, -0.15) is 0 Å². The lowest BCUT2D eigenvalue weighted by Crippen LogP contribution is -1.88. The van der Waals surface area contributed by atoms with Crippen molar-refractivity contribution in [3.05, 3.63) is 0 Å². The van der Waals surface area contributed by atoms with Gasteiger partial charge in [0.1, 0.15) is 23.1 Å². The van der Waals surface area contributed by atoms with Gasteiger partial charge in [-0.25, -0.2) is 0 Å². The Morgan fingerprint density at radius 3 is 0.852 bits per heavy atom. The summed E-state index contributed by atoms with van der Waals surface area (Å²) < 4.78 is 0. The predicted octanol–water partition coefficient (Wildman–Crippen LogP) is 5.90. The highest BCUT2D eigenvalue weighted by Crippen LogP contribution is 2.02. The second-order valence-electron chi connectivity index (χ2n) is 6.84. The Kier molecular flexibility index (Phi) is 44.0. The average Bonchev–Trinajstić information content (AvgIpc) is 2.47. The Labute approximate surface area is 170 Å². The summed E-state index contributed by atoms with van der Waals surface area (Å²) in [6.07, 6.45) is 11.2. The van der Waals surface area contributed by atoms with Crippen LogP contribution >= 0.6 is 0 Å². The first kappa shape index (κ1) is 36.6. The van der Waals surface area contributed by atoms with Crippen LogP contribution in [0, 0.1) is 0 Å². The molecule has 0 aliphatic carbocycles. The van der Waals surface area contributed by atoms with Crippen LogP contribution < -0.4 is 0 Å². The average molecular weight is 383 g/mol. The van der Waals surface area contributed by atoms with E-state index in [4.69, 9.17) is 0 Å². The summed E-state index contributed by atoms with van der Waals surface area (Å²) >= 11 is 0. The van der Waals surface area contributed by atoms with Gasteiger partial charge < -0.3 is 19.2 Å². The SMILES string of the molecule is CC(C)=O.CC(C)=O.CCCCCCC(C)=O.CCCCCCC(C)=O.[B]. The molecule has 0 rings (SSSR count). The molecule has 159 valence electrons. The number of hydrogen-bond donors (Lipinski definition) is 0. The molecule has 0 heterocycles. The molecule has 0 aliphatic rings. The van der Waals surface area contributed by atoms with Gasteiger partial charge in [0.25, 0.3) is 0 Å². The molecule has 0 saturated heterocycles. The number of carbonyl (C=O) groups is 4. The Morgan fingerprint density at radius 2 is 0.704 bits per heavy atom. The van der Waals surface area contributed by atoms with Crippen LogP contribution in [0.3, 0.4) is 0 Å². The zero-order valence-corrected chi connectivity index (χ0v) is 19.3. The first-order valence-electron chi connectivity index (χ1n) is 9.94. The number of rotatable bonds is 10. The normalized spacial score (nSPS) is 8.30. The molecular formula is C22H44BO4. The maximum Gasteiger partial charge on any atom is 0.129 e. The van der Waals surface area contributed by atoms with Gasteiger partial charge in [0.05, 0.1) is 0 Å². The van der Waals surface area contributed by atoms with Gasteiger partial charge in [-0.15, -0.1) is 0 Å². The summed E-state index contributed by atoms with van der Waals surface area (Å²) in [5, 5.41) is 0. The Bertz CT molecular complexity index is 310. The van der Waals surface area contributed by atoms with Crippen molar-refractivity contribution in [1.29, 1.82) is 0 Å². The fourth-order valence-corrected chi connectivity index (χ4v) is 1.60. The lowest BCUT2D eigenvalue weighted by molar-refractivity contribution is -0.117. The van der Waals surface area contributed by atoms with Crippen molar-refractivity contribution in [3.8, 4) is 0 Å². The smallest absolute Gasteiger partial charge is 0.129 e. The van der Waals surface area contributed by atoms with E-state index < -0.39 is 0 Å². The summed E-state index contributed by atoms with van der Waals surface area (Å²) in [5.74, 6) is 0.984. The molecule has 0 amide bonds. The second kappa shape index (κ2) is 32.4. The maximum atomic E-state index is 10.4. The number of Topliss-reactive ketones (excluding diaryl/α,β-unsaturated/α-hetero) is 4. The van der Waals surface area contributed by atoms with Gasteiger partial charge in [0, 0.05) is 21.3 Å². The molecule has 0 fully saturated rings. The van der Waals surface area contributed by atoms with Crippen molar-refractivity contribution >= 4 is 31.5 Å². The van der Waals surface area contributed by atoms with Crippen molar-refractivity contribution < 1.29 is 19.2 Å². The number of hydrogen-bond acceptors (Lipinski definition) is 4. The third-order valence-corrected chi connectivity index (χ3v) is 2.76. The Balaban J connectivity index is -0.0000000843. The fourth-order valence-electron chi connectivity index (χ4n) is 1.60. The maximum absolute atomic E-state index is 10.4. The van der Waals surface area contributed by atoms with Crippen molar-refractivity contribution in [2.75, 3.05) is 0 Å². The molecule has 0 aromatic carbocycles. The Hall–Kier alpha value is -1.26. The van der Waals surface area contributed by atoms with E-state index >= 15 is 0 Å². The van der Waals surface area contributed by atoms with Crippen LogP contribution in [0.4, 0.5) is 0 Å². The molecule has 3 radical (unpaired) electrons. The van der Waals surface area contributed by atoms with Crippen LogP contribution in [-0.2, 0) is 19.2 Å². The monoisotopic (exact) mass is 383 g/mol. The van der Waals surface area contributed by atoms with Crippen LogP contribution in [0.15, 0.2) is 0 Å². The summed E-state index contributed by atoms with van der Waals surface area (Å²) in [5.41, 5.74) is 0. The summed E-state index contributed by atoms with van der Waals surface area (Å²) in [6, 6.07) is 0. The van der Waals surface area contributed by atoms with E-state index in [-0.39, 0.29) is 20.0 Å². The van der Waals surface area contributed by atoms with Gasteiger partial charge in [-0.1, -0.05) is 52.4 Å². The van der Waals surface area contributed by atoms with Crippen molar-refractivity contribution in [3.63, 3.8) is 0 Å². The van der Waals surface area contributed by atoms with Crippen molar-refractivity contribution in [1.82, 2.24) is 0 Å². The van der Waals surface area contributed by atoms with Gasteiger partial charge in [0.15, 0.2) is 0 Å². The van der Waals surface area contributed by atoms with E-state index in [0.29, 0.717) is 11.6 Å². The van der Waals surface area contributed by atoms with Crippen LogP contribution in [0.5, 0.6) is 0 Å². The molecule has 0 aromatic rings. The topological polar surface area (TPSA) is 68.3 Å². The zero-order valence-electron chi connectivity index (χ0n) is 19.3. The highest BCUT2D eigenvalue weighted by Gasteiger charge is 1.91. The third kappa shape index (κ3) is 111. The molecule has 0 spiro atoms. The van der Waals surface area contributed by atoms with E-state index in [0.717, 1.165) is 25.7 Å². The summed E-state index contributed by atoms with van der Waals surface area (Å²) in [4.78, 5) is 39.7. The van der Waals surface area contributed by atoms with Gasteiger partial charge in [-0.05, 0) is 54.4 Å². The molecule has 5 heteroatoms. The predicted molar refractivity (Wildman–Crippen MR) is 117 cm³/mol. The number of carbonyl (C=O) groups excluding carboxylic acids is 4. The number of unbranched alkanes of at least 4 members (excludes halogenated alkanes) is 6. The summed E-state index contributed by atoms with van der Waals surface area (Å²) in [6.45, 7) is 13.8. The molecule has 0 unspecified atom stereocenters. The number of ketones is 4. The molecule has 27 heavy (non-hydrogen) atoms. The fraction of sp³-hybridized carbons (Fsp3) is 0.818. The van der Waals surface area contributed by atoms with E-state index in [1.54, 1.807) is 13.8 Å². The molecule has 0 saturated carbocycles. The third-order valence-electron chi connectivity index (χ3n) is 2.76. The van der Waals surface area contributed by atoms with E-state index in [9.17, 15) is 19.2 Å². The van der Waals surface area contributed by atoms with Crippen molar-refractivity contribution in [2.45, 2.75) is 120 Å². The minimum absolute atomic E-state index is 0. The second-order valence-corrected chi connectivity index (χ2v) is 6.84. The van der Waals surface area contributed by atoms with Crippen molar-refractivity contribution in [2.24, 2.45) is 0 Å². The molecule has 4 nitrogen and oxygen atoms in total. The molecule has 0 N–H and O–H groups in total. The van der Waals surface area contributed by atoms with E-state index in [1.165, 1.54) is 66.2 Å². The van der Waals surface area contributed by atoms with Crippen LogP contribution in [-0.4, -0.2) is 31.5 Å². The van der Waals surface area contributed by atoms with Crippen LogP contribution in [0.25, 0.3) is 0 Å². The van der Waals surface area contributed by atoms with Crippen LogP contribution in [0.2, 0.25) is 0 Å². The highest BCUT2D eigenvalue weighted by molar-refractivity contribution is 5.76. The molecule has 0 aliphatic heterocycles. The van der Waals surface area contributed by atoms with Gasteiger partial charge >= 0.3 is 0 Å². The first-order chi connectivity index (χ1) is 12.0. The zero-order chi connectivity index (χ0) is 21.4. The van der Waals surface area contributed by atoms with E-state index in [1.807, 2.05) is 0 Å². The highest BCUT2D eigenvalue weighted by atomic mass is 16.1. The molecule has 0 atom stereocenters. The molecular weight excluding hydrogens is 339 g/mol. The lowest BCUT2D eigenvalue weighted by Gasteiger charge is -1.93. The minimum atomic E-state index is 0. The quantitative estimate of drug-likeness (QED) is 0.348. The lowest BCUT2D eigenvalue weighted by atomic mass is 10.1. The largest absolute Gasteiger partial charge is 0.300 e. The van der Waals surface area contributed by atoms with Gasteiger partial charge in [0.2, 0.25) is 0 Å². The van der Waals surface area contributed by atoms with E-state index in [2.05, 4.69) is 13.8 Å². The molecule has 0 aromatic heterocycles. The summed E-state index contributed by atoms with van der Waals surface area (Å²) in [7, 11) is 0. The first-order valence-corrected chi connectivity index (χ1v) is 9.94. The molecule has 0 bridgehead atoms. The van der Waals surface area contributed by atoms with Gasteiger partial charge in [-0.3, -0.25) is 0 Å². The van der Waals surface area contributed by atoms with Crippen LogP contribution in [0.1, 0.15) is 120 Å². The minimum Gasteiger partial charge on any atom is -0.300 e. The standard InChI is InChI=1S/2C8H16O.2C3H6O.B/c2*1-3-4-5-6-7-8(2)9;2*1-3(2)4;/h2*3-7H2,1-2H3;2*1-2H3;.